The second-order valence-electron chi connectivity index (χ2n) is 8.76. The van der Waals surface area contributed by atoms with Crippen LogP contribution in [0.15, 0.2) is 82.7 Å². The molecule has 37 heavy (non-hydrogen) atoms. The highest BCUT2D eigenvalue weighted by Gasteiger charge is 2.16. The largest absolute Gasteiger partial charge is 0.384 e. The highest BCUT2D eigenvalue weighted by Crippen LogP contribution is 2.21. The maximum Gasteiger partial charge on any atom is 0.251 e. The molecule has 0 aliphatic carbocycles. The standard InChI is InChI=1S/C27H27N5O4S/c1-18-21(8-9-25(28)31-18)16-30-27(34)20-10-11-29-23(15-20)13-19-6-7-22(24(14-19)37(2,35)36)17-32-12-4-3-5-26(32)33/h3-12,14-15H,13,16-17H2,1-2H3,(H2,28,31)(H,30,34). The summed E-state index contributed by atoms with van der Waals surface area (Å²) in [5.74, 6) is 0.160. The minimum atomic E-state index is -3.56. The first kappa shape index (κ1) is 25.8. The first-order chi connectivity index (χ1) is 17.6. The van der Waals surface area contributed by atoms with Crippen molar-refractivity contribution in [3.8, 4) is 0 Å². The Labute approximate surface area is 214 Å². The Kier molecular flexibility index (Phi) is 7.49. The SMILES string of the molecule is Cc1nc(N)ccc1CNC(=O)c1ccnc(Cc2ccc(Cn3ccccc3=O)c(S(C)(=O)=O)c2)c1. The third-order valence-electron chi connectivity index (χ3n) is 5.89. The van der Waals surface area contributed by atoms with Gasteiger partial charge in [0.15, 0.2) is 9.84 Å². The van der Waals surface area contributed by atoms with Crippen molar-refractivity contribution in [2.75, 3.05) is 12.0 Å². The Bertz CT molecular complexity index is 1630. The lowest BCUT2D eigenvalue weighted by atomic mass is 10.1. The summed E-state index contributed by atoms with van der Waals surface area (Å²) >= 11 is 0. The average molecular weight is 518 g/mol. The number of nitrogen functional groups attached to an aromatic ring is 1. The zero-order valence-electron chi connectivity index (χ0n) is 20.5. The molecule has 4 aromatic rings. The third kappa shape index (κ3) is 6.47. The Hall–Kier alpha value is -4.31. The molecule has 0 aliphatic heterocycles. The van der Waals surface area contributed by atoms with Gasteiger partial charge in [0.05, 0.1) is 11.4 Å². The average Bonchev–Trinajstić information content (AvgIpc) is 2.85. The summed E-state index contributed by atoms with van der Waals surface area (Å²) in [6, 6.07) is 16.7. The molecule has 0 unspecified atom stereocenters. The van der Waals surface area contributed by atoms with E-state index in [0.717, 1.165) is 23.1 Å². The van der Waals surface area contributed by atoms with Crippen LogP contribution in [0.3, 0.4) is 0 Å². The number of benzene rings is 1. The fourth-order valence-corrected chi connectivity index (χ4v) is 4.93. The number of aryl methyl sites for hydroxylation is 1. The minimum absolute atomic E-state index is 0.138. The number of nitrogens with two attached hydrogens (primary N) is 1. The van der Waals surface area contributed by atoms with E-state index in [1.807, 2.05) is 19.1 Å². The van der Waals surface area contributed by atoms with E-state index in [1.165, 1.54) is 10.6 Å². The van der Waals surface area contributed by atoms with Gasteiger partial charge in [0.2, 0.25) is 0 Å². The van der Waals surface area contributed by atoms with E-state index >= 15 is 0 Å². The number of anilines is 1. The van der Waals surface area contributed by atoms with Crippen molar-refractivity contribution in [2.24, 2.45) is 0 Å². The molecule has 190 valence electrons. The lowest BCUT2D eigenvalue weighted by molar-refractivity contribution is 0.0950. The van der Waals surface area contributed by atoms with Gasteiger partial charge in [-0.1, -0.05) is 24.3 Å². The number of sulfone groups is 1. The number of hydrogen-bond donors (Lipinski definition) is 2. The molecule has 0 aliphatic rings. The van der Waals surface area contributed by atoms with Gasteiger partial charge in [-0.05, 0) is 53.9 Å². The van der Waals surface area contributed by atoms with Gasteiger partial charge in [0.25, 0.3) is 11.5 Å². The Morgan fingerprint density at radius 1 is 1.05 bits per heavy atom. The number of carbonyl (C=O) groups is 1. The highest BCUT2D eigenvalue weighted by molar-refractivity contribution is 7.90. The lowest BCUT2D eigenvalue weighted by Crippen LogP contribution is -2.23. The van der Waals surface area contributed by atoms with Gasteiger partial charge in [-0.2, -0.15) is 0 Å². The number of nitrogens with one attached hydrogen (secondary N) is 1. The molecule has 0 spiro atoms. The van der Waals surface area contributed by atoms with E-state index in [1.54, 1.807) is 54.9 Å². The number of amides is 1. The van der Waals surface area contributed by atoms with Crippen LogP contribution in [0.2, 0.25) is 0 Å². The van der Waals surface area contributed by atoms with Crippen LogP contribution in [-0.4, -0.2) is 35.1 Å². The molecule has 3 heterocycles. The van der Waals surface area contributed by atoms with Crippen LogP contribution < -0.4 is 16.6 Å². The van der Waals surface area contributed by atoms with Crippen LogP contribution in [0.1, 0.15) is 38.4 Å². The Balaban J connectivity index is 1.52. The molecule has 10 heteroatoms. The molecule has 9 nitrogen and oxygen atoms in total. The van der Waals surface area contributed by atoms with Crippen LogP contribution >= 0.6 is 0 Å². The second-order valence-corrected chi connectivity index (χ2v) is 10.7. The second kappa shape index (κ2) is 10.8. The fraction of sp³-hybridized carbons (Fsp3) is 0.185. The van der Waals surface area contributed by atoms with E-state index in [2.05, 4.69) is 15.3 Å². The first-order valence-corrected chi connectivity index (χ1v) is 13.4. The first-order valence-electron chi connectivity index (χ1n) is 11.5. The molecular weight excluding hydrogens is 490 g/mol. The van der Waals surface area contributed by atoms with Gasteiger partial charge in [-0.3, -0.25) is 14.6 Å². The smallest absolute Gasteiger partial charge is 0.251 e. The summed E-state index contributed by atoms with van der Waals surface area (Å²) < 4.78 is 26.5. The zero-order valence-corrected chi connectivity index (χ0v) is 21.3. The third-order valence-corrected chi connectivity index (χ3v) is 7.07. The molecule has 0 bridgehead atoms. The lowest BCUT2D eigenvalue weighted by Gasteiger charge is -2.12. The normalized spacial score (nSPS) is 11.3. The topological polar surface area (TPSA) is 137 Å². The van der Waals surface area contributed by atoms with Gasteiger partial charge in [-0.15, -0.1) is 0 Å². The molecule has 0 saturated carbocycles. The maximum atomic E-state index is 12.7. The summed E-state index contributed by atoms with van der Waals surface area (Å²) in [6.07, 6.45) is 4.64. The number of carbonyl (C=O) groups excluding carboxylic acids is 1. The van der Waals surface area contributed by atoms with Crippen LogP contribution in [-0.2, 0) is 29.3 Å². The molecule has 0 saturated heterocycles. The molecule has 0 atom stereocenters. The molecule has 0 radical (unpaired) electrons. The van der Waals surface area contributed by atoms with E-state index in [9.17, 15) is 18.0 Å². The summed E-state index contributed by atoms with van der Waals surface area (Å²) in [4.78, 5) is 33.6. The van der Waals surface area contributed by atoms with E-state index < -0.39 is 9.84 Å². The van der Waals surface area contributed by atoms with Crippen molar-refractivity contribution in [2.45, 2.75) is 31.3 Å². The van der Waals surface area contributed by atoms with Gasteiger partial charge in [-0.25, -0.2) is 13.4 Å². The van der Waals surface area contributed by atoms with Crippen molar-refractivity contribution in [1.29, 1.82) is 0 Å². The number of hydrogen-bond acceptors (Lipinski definition) is 7. The van der Waals surface area contributed by atoms with Crippen LogP contribution in [0.4, 0.5) is 5.82 Å². The van der Waals surface area contributed by atoms with Crippen LogP contribution in [0.5, 0.6) is 0 Å². The summed E-state index contributed by atoms with van der Waals surface area (Å²) in [7, 11) is -3.56. The maximum absolute atomic E-state index is 12.7. The van der Waals surface area contributed by atoms with Crippen molar-refractivity contribution in [1.82, 2.24) is 19.9 Å². The number of nitrogens with zero attached hydrogens (tertiary/aromatic N) is 3. The van der Waals surface area contributed by atoms with Crippen LogP contribution in [0, 0.1) is 6.92 Å². The highest BCUT2D eigenvalue weighted by atomic mass is 32.2. The van der Waals surface area contributed by atoms with Crippen LogP contribution in [0.25, 0.3) is 0 Å². The predicted molar refractivity (Wildman–Crippen MR) is 141 cm³/mol. The molecule has 1 amide bonds. The Morgan fingerprint density at radius 3 is 2.57 bits per heavy atom. The number of rotatable bonds is 8. The quantitative estimate of drug-likeness (QED) is 0.366. The van der Waals surface area contributed by atoms with Gasteiger partial charge in [0, 0.05) is 54.6 Å². The summed E-state index contributed by atoms with van der Waals surface area (Å²) in [5, 5.41) is 2.88. The van der Waals surface area contributed by atoms with Gasteiger partial charge in [0.1, 0.15) is 5.82 Å². The molecule has 1 aromatic carbocycles. The molecule has 3 aromatic heterocycles. The van der Waals surface area contributed by atoms with E-state index in [-0.39, 0.29) is 22.9 Å². The molecule has 4 rings (SSSR count). The summed E-state index contributed by atoms with van der Waals surface area (Å²) in [6.45, 7) is 2.27. The molecular formula is C27H27N5O4S. The monoisotopic (exact) mass is 517 g/mol. The molecule has 0 fully saturated rings. The van der Waals surface area contributed by atoms with E-state index in [0.29, 0.717) is 35.6 Å². The van der Waals surface area contributed by atoms with Crippen molar-refractivity contribution in [3.63, 3.8) is 0 Å². The molecule has 3 N–H and O–H groups in total. The summed E-state index contributed by atoms with van der Waals surface area (Å²) in [5.41, 5.74) is 9.38. The van der Waals surface area contributed by atoms with Crippen molar-refractivity contribution in [3.05, 3.63) is 117 Å². The zero-order chi connectivity index (χ0) is 26.6. The van der Waals surface area contributed by atoms with Gasteiger partial charge >= 0.3 is 0 Å². The van der Waals surface area contributed by atoms with Crippen molar-refractivity contribution < 1.29 is 13.2 Å². The predicted octanol–water partition coefficient (Wildman–Crippen LogP) is 2.50. The Morgan fingerprint density at radius 2 is 1.84 bits per heavy atom. The van der Waals surface area contributed by atoms with Crippen molar-refractivity contribution >= 4 is 21.6 Å². The number of aromatic nitrogens is 3. The van der Waals surface area contributed by atoms with E-state index in [4.69, 9.17) is 5.73 Å². The number of pyridine rings is 3. The minimum Gasteiger partial charge on any atom is -0.384 e. The van der Waals surface area contributed by atoms with Gasteiger partial charge < -0.3 is 15.6 Å². The fourth-order valence-electron chi connectivity index (χ4n) is 3.96.